The van der Waals surface area contributed by atoms with E-state index in [0.717, 1.165) is 28.3 Å². The van der Waals surface area contributed by atoms with Crippen molar-refractivity contribution in [1.29, 1.82) is 0 Å². The maximum absolute atomic E-state index is 12.5. The van der Waals surface area contributed by atoms with Crippen molar-refractivity contribution in [1.82, 2.24) is 19.0 Å². The molecule has 7 nitrogen and oxygen atoms in total. The van der Waals surface area contributed by atoms with Crippen LogP contribution in [0.2, 0.25) is 0 Å². The molecule has 12 heteroatoms. The van der Waals surface area contributed by atoms with Gasteiger partial charge < -0.3 is 4.90 Å². The number of sulfonamides is 1. The third kappa shape index (κ3) is 3.91. The van der Waals surface area contributed by atoms with Gasteiger partial charge in [0.15, 0.2) is 5.69 Å². The molecule has 1 saturated heterocycles. The van der Waals surface area contributed by atoms with Crippen LogP contribution in [-0.2, 0) is 27.5 Å². The summed E-state index contributed by atoms with van der Waals surface area (Å²) in [4.78, 5) is 13.7. The maximum atomic E-state index is 12.5. The first kappa shape index (κ1) is 18.9. The van der Waals surface area contributed by atoms with Gasteiger partial charge in [0.25, 0.3) is 10.0 Å². The topological polar surface area (TPSA) is 75.5 Å². The predicted octanol–water partition coefficient (Wildman–Crippen LogP) is 1.50. The van der Waals surface area contributed by atoms with Gasteiger partial charge in [0.05, 0.1) is 0 Å². The molecular weight excluding hydrogens is 393 g/mol. The fourth-order valence-corrected chi connectivity index (χ4v) is 5.12. The van der Waals surface area contributed by atoms with Crippen LogP contribution in [0.3, 0.4) is 0 Å². The average Bonchev–Trinajstić information content (AvgIpc) is 3.26. The monoisotopic (exact) mass is 408 g/mol. The van der Waals surface area contributed by atoms with E-state index in [1.54, 1.807) is 11.4 Å². The van der Waals surface area contributed by atoms with Gasteiger partial charge in [-0.2, -0.15) is 22.6 Å². The summed E-state index contributed by atoms with van der Waals surface area (Å²) in [5.41, 5.74) is -1.06. The molecule has 0 saturated carbocycles. The molecule has 0 unspecified atom stereocenters. The third-order valence-electron chi connectivity index (χ3n) is 3.91. The maximum Gasteiger partial charge on any atom is 0.435 e. The molecule has 1 fully saturated rings. The van der Waals surface area contributed by atoms with Gasteiger partial charge in [-0.3, -0.25) is 9.48 Å². The Morgan fingerprint density at radius 3 is 2.42 bits per heavy atom. The fourth-order valence-electron chi connectivity index (χ4n) is 2.55. The molecule has 142 valence electrons. The molecule has 0 atom stereocenters. The molecule has 1 aliphatic heterocycles. The van der Waals surface area contributed by atoms with Gasteiger partial charge in [-0.25, -0.2) is 8.42 Å². The molecule has 3 heterocycles. The quantitative estimate of drug-likeness (QED) is 0.768. The summed E-state index contributed by atoms with van der Waals surface area (Å²) in [6, 6.07) is 3.98. The van der Waals surface area contributed by atoms with E-state index in [0.29, 0.717) is 0 Å². The minimum Gasteiger partial charge on any atom is -0.338 e. The van der Waals surface area contributed by atoms with Crippen LogP contribution in [-0.4, -0.2) is 59.5 Å². The van der Waals surface area contributed by atoms with Crippen molar-refractivity contribution in [3.05, 3.63) is 35.5 Å². The highest BCUT2D eigenvalue weighted by Gasteiger charge is 2.34. The number of hydrogen-bond acceptors (Lipinski definition) is 5. The summed E-state index contributed by atoms with van der Waals surface area (Å²) in [6.07, 6.45) is -3.46. The number of aromatic nitrogens is 2. The van der Waals surface area contributed by atoms with Crippen molar-refractivity contribution in [2.24, 2.45) is 0 Å². The summed E-state index contributed by atoms with van der Waals surface area (Å²) < 4.78 is 64.9. The van der Waals surface area contributed by atoms with Crippen LogP contribution in [0.4, 0.5) is 13.2 Å². The number of rotatable bonds is 4. The third-order valence-corrected chi connectivity index (χ3v) is 7.18. The van der Waals surface area contributed by atoms with Crippen LogP contribution >= 0.6 is 11.3 Å². The van der Waals surface area contributed by atoms with Crippen LogP contribution in [0.15, 0.2) is 34.0 Å². The number of halogens is 3. The Morgan fingerprint density at radius 2 is 1.88 bits per heavy atom. The number of thiophene rings is 1. The number of piperazine rings is 1. The van der Waals surface area contributed by atoms with Crippen LogP contribution < -0.4 is 0 Å². The molecule has 0 aromatic carbocycles. The number of amides is 1. The van der Waals surface area contributed by atoms with Crippen molar-refractivity contribution in [2.45, 2.75) is 16.9 Å². The van der Waals surface area contributed by atoms with E-state index in [4.69, 9.17) is 0 Å². The molecule has 3 rings (SSSR count). The Bertz CT molecular complexity index is 870. The second kappa shape index (κ2) is 7.00. The number of nitrogens with zero attached hydrogens (tertiary/aromatic N) is 4. The summed E-state index contributed by atoms with van der Waals surface area (Å²) in [5.74, 6) is -0.407. The van der Waals surface area contributed by atoms with Crippen molar-refractivity contribution < 1.29 is 26.4 Å². The number of carbonyl (C=O) groups excluding carboxylic acids is 1. The first-order valence-corrected chi connectivity index (χ1v) is 9.92. The summed E-state index contributed by atoms with van der Waals surface area (Å²) >= 11 is 1.12. The highest BCUT2D eigenvalue weighted by Crippen LogP contribution is 2.27. The molecule has 26 heavy (non-hydrogen) atoms. The van der Waals surface area contributed by atoms with Gasteiger partial charge in [-0.05, 0) is 17.5 Å². The Labute approximate surface area is 151 Å². The number of hydrogen-bond donors (Lipinski definition) is 0. The minimum atomic E-state index is -4.56. The van der Waals surface area contributed by atoms with E-state index in [1.807, 2.05) is 0 Å². The molecule has 2 aromatic heterocycles. The van der Waals surface area contributed by atoms with E-state index in [2.05, 4.69) is 5.10 Å². The first-order valence-electron chi connectivity index (χ1n) is 7.60. The number of carbonyl (C=O) groups is 1. The molecule has 0 spiro atoms. The second-order valence-electron chi connectivity index (χ2n) is 5.61. The van der Waals surface area contributed by atoms with Gasteiger partial charge in [0.2, 0.25) is 5.91 Å². The summed E-state index contributed by atoms with van der Waals surface area (Å²) in [7, 11) is -3.57. The highest BCUT2D eigenvalue weighted by molar-refractivity contribution is 7.91. The number of alkyl halides is 3. The van der Waals surface area contributed by atoms with E-state index in [-0.39, 0.29) is 36.9 Å². The largest absolute Gasteiger partial charge is 0.435 e. The second-order valence-corrected chi connectivity index (χ2v) is 8.73. The molecule has 1 aliphatic rings. The summed E-state index contributed by atoms with van der Waals surface area (Å²) in [6.45, 7) is 0.305. The lowest BCUT2D eigenvalue weighted by atomic mass is 10.3. The standard InChI is InChI=1S/C14H15F3N4O3S2/c15-14(16,17)11-3-4-20(18-11)10-12(22)19-5-7-21(8-6-19)26(23,24)13-2-1-9-25-13/h1-4,9H,5-8,10H2. The zero-order valence-electron chi connectivity index (χ0n) is 13.4. The van der Waals surface area contributed by atoms with Crippen LogP contribution in [0, 0.1) is 0 Å². The van der Waals surface area contributed by atoms with Crippen molar-refractivity contribution in [3.63, 3.8) is 0 Å². The van der Waals surface area contributed by atoms with Gasteiger partial charge >= 0.3 is 6.18 Å². The predicted molar refractivity (Wildman–Crippen MR) is 86.9 cm³/mol. The lowest BCUT2D eigenvalue weighted by Crippen LogP contribution is -2.51. The van der Waals surface area contributed by atoms with Crippen molar-refractivity contribution in [2.75, 3.05) is 26.2 Å². The Balaban J connectivity index is 1.58. The van der Waals surface area contributed by atoms with E-state index >= 15 is 0 Å². The molecule has 0 bridgehead atoms. The Morgan fingerprint density at radius 1 is 1.19 bits per heavy atom. The fraction of sp³-hybridized carbons (Fsp3) is 0.429. The van der Waals surface area contributed by atoms with E-state index in [1.165, 1.54) is 15.3 Å². The van der Waals surface area contributed by atoms with Gasteiger partial charge in [-0.1, -0.05) is 6.07 Å². The lowest BCUT2D eigenvalue weighted by Gasteiger charge is -2.33. The Kier molecular flexibility index (Phi) is 5.08. The van der Waals surface area contributed by atoms with Crippen LogP contribution in [0.5, 0.6) is 0 Å². The molecular formula is C14H15F3N4O3S2. The van der Waals surface area contributed by atoms with Crippen LogP contribution in [0.1, 0.15) is 5.69 Å². The van der Waals surface area contributed by atoms with Gasteiger partial charge in [0.1, 0.15) is 10.8 Å². The minimum absolute atomic E-state index is 0.138. The van der Waals surface area contributed by atoms with Crippen LogP contribution in [0.25, 0.3) is 0 Å². The zero-order valence-corrected chi connectivity index (χ0v) is 15.0. The zero-order chi connectivity index (χ0) is 18.9. The molecule has 0 N–H and O–H groups in total. The lowest BCUT2D eigenvalue weighted by molar-refractivity contribution is -0.142. The van der Waals surface area contributed by atoms with E-state index < -0.39 is 27.8 Å². The smallest absolute Gasteiger partial charge is 0.338 e. The Hall–Kier alpha value is -1.92. The van der Waals surface area contributed by atoms with Gasteiger partial charge in [0, 0.05) is 32.4 Å². The average molecular weight is 408 g/mol. The van der Waals surface area contributed by atoms with Crippen molar-refractivity contribution >= 4 is 27.3 Å². The SMILES string of the molecule is O=C(Cn1ccc(C(F)(F)F)n1)N1CCN(S(=O)(=O)c2cccs2)CC1. The summed E-state index contributed by atoms with van der Waals surface area (Å²) in [5, 5.41) is 5.02. The molecule has 1 amide bonds. The normalized spacial score (nSPS) is 16.8. The molecule has 0 aliphatic carbocycles. The van der Waals surface area contributed by atoms with Crippen molar-refractivity contribution in [3.8, 4) is 0 Å². The molecule has 2 aromatic rings. The molecule has 0 radical (unpaired) electrons. The van der Waals surface area contributed by atoms with E-state index in [9.17, 15) is 26.4 Å². The first-order chi connectivity index (χ1) is 12.2. The van der Waals surface area contributed by atoms with Gasteiger partial charge in [-0.15, -0.1) is 11.3 Å². The highest BCUT2D eigenvalue weighted by atomic mass is 32.2.